The van der Waals surface area contributed by atoms with Gasteiger partial charge in [0.15, 0.2) is 6.17 Å². The summed E-state index contributed by atoms with van der Waals surface area (Å²) in [7, 11) is 0. The van der Waals surface area contributed by atoms with Gasteiger partial charge in [0.25, 0.3) is 0 Å². The minimum atomic E-state index is 0.403. The molecule has 7 heavy (non-hydrogen) atoms. The van der Waals surface area contributed by atoms with Crippen molar-refractivity contribution in [2.75, 3.05) is 6.67 Å². The second kappa shape index (κ2) is 1.78. The number of nitrogens with one attached hydrogen (secondary N) is 2. The Labute approximate surface area is 43.3 Å². The Morgan fingerprint density at radius 1 is 1.57 bits per heavy atom. The summed E-state index contributed by atoms with van der Waals surface area (Å²) in [6.45, 7) is 3.03. The molecule has 0 bridgehead atoms. The normalized spacial score (nSPS) is 42.0. The summed E-state index contributed by atoms with van der Waals surface area (Å²) in [5.74, 6) is 0. The molecule has 0 aromatic heterocycles. The van der Waals surface area contributed by atoms with Crippen molar-refractivity contribution in [2.24, 2.45) is 0 Å². The van der Waals surface area contributed by atoms with Crippen LogP contribution in [0.2, 0.25) is 0 Å². The molecular formula is C4H12N3+. The van der Waals surface area contributed by atoms with Crippen LogP contribution < -0.4 is 16.4 Å². The van der Waals surface area contributed by atoms with Gasteiger partial charge in [-0.1, -0.05) is 0 Å². The molecule has 42 valence electrons. The van der Waals surface area contributed by atoms with E-state index in [4.69, 9.17) is 0 Å². The Bertz CT molecular complexity index is 56.0. The first-order chi connectivity index (χ1) is 3.30. The molecule has 0 radical (unpaired) electrons. The lowest BCUT2D eigenvalue weighted by atomic mass is 10.3. The molecule has 0 aliphatic carbocycles. The van der Waals surface area contributed by atoms with Gasteiger partial charge in [0, 0.05) is 0 Å². The standard InChI is InChI=1S/C4H11N3/c1-3-4(5)7-2-6-3/h3-4,6-7H,2,5H2,1H3/p+1. The largest absolute Gasteiger partial charge is 0.341 e. The lowest BCUT2D eigenvalue weighted by molar-refractivity contribution is -0.427. The Morgan fingerprint density at radius 3 is 2.43 bits per heavy atom. The second-order valence-corrected chi connectivity index (χ2v) is 1.98. The molecule has 2 atom stereocenters. The molecule has 0 amide bonds. The molecule has 3 nitrogen and oxygen atoms in total. The highest BCUT2D eigenvalue weighted by Crippen LogP contribution is 1.86. The van der Waals surface area contributed by atoms with E-state index in [9.17, 15) is 0 Å². The first-order valence-corrected chi connectivity index (χ1v) is 2.60. The minimum absolute atomic E-state index is 0.403. The molecule has 2 unspecified atom stereocenters. The predicted octanol–water partition coefficient (Wildman–Crippen LogP) is -1.91. The number of hydrogen-bond acceptors (Lipinski definition) is 2. The maximum Gasteiger partial charge on any atom is 0.154 e. The highest BCUT2D eigenvalue weighted by Gasteiger charge is 2.19. The van der Waals surface area contributed by atoms with Gasteiger partial charge in [-0.15, -0.1) is 0 Å². The van der Waals surface area contributed by atoms with E-state index in [-0.39, 0.29) is 0 Å². The van der Waals surface area contributed by atoms with E-state index in [1.54, 1.807) is 0 Å². The van der Waals surface area contributed by atoms with Crippen LogP contribution in [0.3, 0.4) is 0 Å². The number of rotatable bonds is 0. The fourth-order valence-corrected chi connectivity index (χ4v) is 0.670. The average molecular weight is 102 g/mol. The highest BCUT2D eigenvalue weighted by molar-refractivity contribution is 4.72. The third-order valence-corrected chi connectivity index (χ3v) is 1.39. The molecule has 1 heterocycles. The van der Waals surface area contributed by atoms with Crippen LogP contribution in [0.25, 0.3) is 0 Å². The molecule has 1 rings (SSSR count). The maximum atomic E-state index is 3.84. The second-order valence-electron chi connectivity index (χ2n) is 1.98. The van der Waals surface area contributed by atoms with Crippen LogP contribution in [0, 0.1) is 0 Å². The Kier molecular flexibility index (Phi) is 1.27. The molecule has 0 spiro atoms. The summed E-state index contributed by atoms with van der Waals surface area (Å²) in [4.78, 5) is 0. The predicted molar refractivity (Wildman–Crippen MR) is 27.3 cm³/mol. The maximum absolute atomic E-state index is 3.84. The van der Waals surface area contributed by atoms with Crippen molar-refractivity contribution >= 4 is 0 Å². The van der Waals surface area contributed by atoms with Gasteiger partial charge in [0.05, 0.1) is 12.7 Å². The molecule has 5 N–H and O–H groups in total. The van der Waals surface area contributed by atoms with Gasteiger partial charge in [0.1, 0.15) is 0 Å². The Morgan fingerprint density at radius 2 is 2.29 bits per heavy atom. The van der Waals surface area contributed by atoms with Crippen LogP contribution >= 0.6 is 0 Å². The summed E-state index contributed by atoms with van der Waals surface area (Å²) in [6, 6.07) is 0.542. The molecule has 3 heteroatoms. The zero-order chi connectivity index (χ0) is 5.28. The lowest BCUT2D eigenvalue weighted by Gasteiger charge is -2.01. The highest BCUT2D eigenvalue weighted by atomic mass is 15.2. The van der Waals surface area contributed by atoms with E-state index >= 15 is 0 Å². The van der Waals surface area contributed by atoms with E-state index in [1.807, 2.05) is 0 Å². The zero-order valence-electron chi connectivity index (χ0n) is 4.57. The average Bonchev–Trinajstić information content (AvgIpc) is 1.91. The molecule has 0 saturated carbocycles. The van der Waals surface area contributed by atoms with Gasteiger partial charge in [-0.05, 0) is 6.92 Å². The Hall–Kier alpha value is -0.120. The first kappa shape index (κ1) is 5.03. The SMILES string of the molecule is CC1NCNC1[NH3+]. The summed E-state index contributed by atoms with van der Waals surface area (Å²) in [6.07, 6.45) is 0.403. The van der Waals surface area contributed by atoms with Gasteiger partial charge < -0.3 is 5.73 Å². The van der Waals surface area contributed by atoms with Crippen LogP contribution in [0.15, 0.2) is 0 Å². The first-order valence-electron chi connectivity index (χ1n) is 2.60. The third kappa shape index (κ3) is 0.907. The van der Waals surface area contributed by atoms with Gasteiger partial charge in [-0.2, -0.15) is 0 Å². The van der Waals surface area contributed by atoms with Gasteiger partial charge in [-0.3, -0.25) is 10.6 Å². The molecule has 0 aromatic rings. The number of quaternary nitrogens is 1. The molecule has 0 aromatic carbocycles. The smallest absolute Gasteiger partial charge is 0.154 e. The van der Waals surface area contributed by atoms with Crippen LogP contribution in [0.4, 0.5) is 0 Å². The molecule has 1 aliphatic heterocycles. The van der Waals surface area contributed by atoms with Crippen molar-refractivity contribution in [1.82, 2.24) is 10.6 Å². The van der Waals surface area contributed by atoms with Crippen LogP contribution in [-0.4, -0.2) is 18.9 Å². The van der Waals surface area contributed by atoms with Gasteiger partial charge in [-0.25, -0.2) is 0 Å². The lowest BCUT2D eigenvalue weighted by Crippen LogP contribution is -2.69. The monoisotopic (exact) mass is 102 g/mol. The zero-order valence-corrected chi connectivity index (χ0v) is 4.57. The fraction of sp³-hybridized carbons (Fsp3) is 1.00. The van der Waals surface area contributed by atoms with E-state index in [0.29, 0.717) is 12.2 Å². The Balaban J connectivity index is 2.33. The van der Waals surface area contributed by atoms with Crippen molar-refractivity contribution in [2.45, 2.75) is 19.1 Å². The van der Waals surface area contributed by atoms with E-state index in [1.165, 1.54) is 0 Å². The van der Waals surface area contributed by atoms with Gasteiger partial charge >= 0.3 is 0 Å². The topological polar surface area (TPSA) is 51.7 Å². The van der Waals surface area contributed by atoms with E-state index < -0.39 is 0 Å². The quantitative estimate of drug-likeness (QED) is 0.334. The van der Waals surface area contributed by atoms with Crippen molar-refractivity contribution < 1.29 is 5.73 Å². The van der Waals surface area contributed by atoms with Crippen LogP contribution in [0.1, 0.15) is 6.92 Å². The third-order valence-electron chi connectivity index (χ3n) is 1.39. The molecule has 1 fully saturated rings. The van der Waals surface area contributed by atoms with Crippen molar-refractivity contribution in [3.05, 3.63) is 0 Å². The summed E-state index contributed by atoms with van der Waals surface area (Å²) in [5.41, 5.74) is 3.84. The number of hydrogen-bond donors (Lipinski definition) is 3. The van der Waals surface area contributed by atoms with Crippen LogP contribution in [0.5, 0.6) is 0 Å². The molecular weight excluding hydrogens is 90.1 g/mol. The molecule has 1 aliphatic rings. The molecule has 1 saturated heterocycles. The summed E-state index contributed by atoms with van der Waals surface area (Å²) < 4.78 is 0. The van der Waals surface area contributed by atoms with E-state index in [0.717, 1.165) is 6.67 Å². The fourth-order valence-electron chi connectivity index (χ4n) is 0.670. The van der Waals surface area contributed by atoms with Gasteiger partial charge in [0.2, 0.25) is 0 Å². The van der Waals surface area contributed by atoms with Crippen LogP contribution in [-0.2, 0) is 0 Å². The van der Waals surface area contributed by atoms with Crippen molar-refractivity contribution in [3.8, 4) is 0 Å². The minimum Gasteiger partial charge on any atom is -0.341 e. The van der Waals surface area contributed by atoms with E-state index in [2.05, 4.69) is 23.3 Å². The van der Waals surface area contributed by atoms with Crippen molar-refractivity contribution in [3.63, 3.8) is 0 Å². The summed E-state index contributed by atoms with van der Waals surface area (Å²) >= 11 is 0. The van der Waals surface area contributed by atoms with Crippen molar-refractivity contribution in [1.29, 1.82) is 0 Å². The summed E-state index contributed by atoms with van der Waals surface area (Å²) in [5, 5.41) is 6.34.